The fourth-order valence-electron chi connectivity index (χ4n) is 4.46. The van der Waals surface area contributed by atoms with Crippen LogP contribution in [0.3, 0.4) is 0 Å². The minimum Gasteiger partial charge on any atom is -0.491 e. The standard InChI is InChI=1S/C27H34ClN3O/c1-21(2)32-27-19-31(24-12-5-4-6-13-24)22(3)10-9-15-26(27)30-17-16-29(20-30)18-23-11-7-8-14-25(23)28/h4-9,11-15,21-22H,10,16-20H2,1-3H3. The number of halogens is 1. The second kappa shape index (κ2) is 10.5. The van der Waals surface area contributed by atoms with Crippen molar-refractivity contribution in [3.63, 3.8) is 0 Å². The number of hydrogen-bond acceptors (Lipinski definition) is 4. The largest absolute Gasteiger partial charge is 0.491 e. The van der Waals surface area contributed by atoms with E-state index in [1.54, 1.807) is 0 Å². The molecule has 2 aromatic carbocycles. The van der Waals surface area contributed by atoms with Crippen LogP contribution in [0.25, 0.3) is 0 Å². The molecule has 0 bridgehead atoms. The SMILES string of the molecule is CC(C)OC1=C(N2CCN(Cc3ccccc3Cl)C2)C=CCC(C)N(c2ccccc2)C1. The summed E-state index contributed by atoms with van der Waals surface area (Å²) in [5, 5.41) is 0.840. The Balaban J connectivity index is 1.58. The van der Waals surface area contributed by atoms with Gasteiger partial charge < -0.3 is 14.5 Å². The van der Waals surface area contributed by atoms with E-state index in [-0.39, 0.29) is 6.10 Å². The van der Waals surface area contributed by atoms with Crippen molar-refractivity contribution in [2.45, 2.75) is 45.9 Å². The summed E-state index contributed by atoms with van der Waals surface area (Å²) in [6, 6.07) is 19.2. The van der Waals surface area contributed by atoms with Gasteiger partial charge in [-0.3, -0.25) is 4.90 Å². The van der Waals surface area contributed by atoms with Crippen LogP contribution in [0.5, 0.6) is 0 Å². The first-order chi connectivity index (χ1) is 15.5. The van der Waals surface area contributed by atoms with Crippen molar-refractivity contribution in [1.29, 1.82) is 0 Å². The predicted octanol–water partition coefficient (Wildman–Crippen LogP) is 5.91. The van der Waals surface area contributed by atoms with E-state index >= 15 is 0 Å². The minimum atomic E-state index is 0.127. The number of allylic oxidation sites excluding steroid dienone is 1. The summed E-state index contributed by atoms with van der Waals surface area (Å²) >= 11 is 6.41. The highest BCUT2D eigenvalue weighted by Crippen LogP contribution is 2.28. The normalized spacial score (nSPS) is 20.1. The van der Waals surface area contributed by atoms with Crippen molar-refractivity contribution in [1.82, 2.24) is 9.80 Å². The molecule has 0 saturated carbocycles. The van der Waals surface area contributed by atoms with Crippen molar-refractivity contribution in [3.05, 3.63) is 88.8 Å². The number of rotatable bonds is 6. The molecule has 0 radical (unpaired) electrons. The molecule has 1 saturated heterocycles. The average Bonchev–Trinajstić information content (AvgIpc) is 3.23. The molecule has 1 fully saturated rings. The van der Waals surface area contributed by atoms with E-state index in [4.69, 9.17) is 16.3 Å². The van der Waals surface area contributed by atoms with Crippen molar-refractivity contribution in [2.75, 3.05) is 31.2 Å². The number of hydrogen-bond donors (Lipinski definition) is 0. The van der Waals surface area contributed by atoms with Gasteiger partial charge in [0.2, 0.25) is 0 Å². The van der Waals surface area contributed by atoms with Gasteiger partial charge in [-0.1, -0.05) is 54.1 Å². The molecule has 0 amide bonds. The van der Waals surface area contributed by atoms with E-state index in [0.717, 1.165) is 50.1 Å². The van der Waals surface area contributed by atoms with Gasteiger partial charge in [0.25, 0.3) is 0 Å². The second-order valence-corrected chi connectivity index (χ2v) is 9.38. The van der Waals surface area contributed by atoms with Gasteiger partial charge in [0.15, 0.2) is 0 Å². The van der Waals surface area contributed by atoms with Gasteiger partial charge in [-0.15, -0.1) is 0 Å². The quantitative estimate of drug-likeness (QED) is 0.543. The first kappa shape index (κ1) is 22.8. The van der Waals surface area contributed by atoms with Gasteiger partial charge >= 0.3 is 0 Å². The summed E-state index contributed by atoms with van der Waals surface area (Å²) < 4.78 is 6.43. The third-order valence-electron chi connectivity index (χ3n) is 6.10. The maximum absolute atomic E-state index is 6.43. The van der Waals surface area contributed by atoms with Crippen molar-refractivity contribution in [2.24, 2.45) is 0 Å². The Hall–Kier alpha value is -2.43. The van der Waals surface area contributed by atoms with Crippen molar-refractivity contribution < 1.29 is 4.74 Å². The molecule has 0 N–H and O–H groups in total. The van der Waals surface area contributed by atoms with E-state index < -0.39 is 0 Å². The Morgan fingerprint density at radius 3 is 2.53 bits per heavy atom. The molecule has 170 valence electrons. The lowest BCUT2D eigenvalue weighted by Crippen LogP contribution is -2.38. The first-order valence-electron chi connectivity index (χ1n) is 11.6. The fourth-order valence-corrected chi connectivity index (χ4v) is 4.65. The molecule has 32 heavy (non-hydrogen) atoms. The molecule has 4 nitrogen and oxygen atoms in total. The second-order valence-electron chi connectivity index (χ2n) is 8.97. The molecule has 0 aromatic heterocycles. The molecule has 1 unspecified atom stereocenters. The van der Waals surface area contributed by atoms with Crippen LogP contribution in [-0.4, -0.2) is 48.2 Å². The molecule has 0 spiro atoms. The van der Waals surface area contributed by atoms with Crippen LogP contribution in [0.4, 0.5) is 5.69 Å². The van der Waals surface area contributed by atoms with E-state index in [1.165, 1.54) is 16.9 Å². The predicted molar refractivity (Wildman–Crippen MR) is 134 cm³/mol. The molecule has 2 aliphatic heterocycles. The van der Waals surface area contributed by atoms with E-state index in [1.807, 2.05) is 12.1 Å². The van der Waals surface area contributed by atoms with E-state index in [2.05, 4.69) is 90.1 Å². The molecule has 2 heterocycles. The zero-order valence-electron chi connectivity index (χ0n) is 19.4. The van der Waals surface area contributed by atoms with Crippen molar-refractivity contribution >= 4 is 17.3 Å². The lowest BCUT2D eigenvalue weighted by molar-refractivity contribution is 0.133. The van der Waals surface area contributed by atoms with Gasteiger partial charge in [0, 0.05) is 36.4 Å². The van der Waals surface area contributed by atoms with Gasteiger partial charge in [-0.25, -0.2) is 0 Å². The molecular formula is C27H34ClN3O. The van der Waals surface area contributed by atoms with Crippen LogP contribution in [-0.2, 0) is 11.3 Å². The zero-order chi connectivity index (χ0) is 22.5. The lowest BCUT2D eigenvalue weighted by Gasteiger charge is -2.35. The number of ether oxygens (including phenoxy) is 1. The Morgan fingerprint density at radius 2 is 1.78 bits per heavy atom. The average molecular weight is 452 g/mol. The highest BCUT2D eigenvalue weighted by molar-refractivity contribution is 6.31. The third kappa shape index (κ3) is 5.48. The molecule has 1 atom stereocenters. The molecule has 4 rings (SSSR count). The molecule has 2 aliphatic rings. The van der Waals surface area contributed by atoms with Crippen LogP contribution in [0.1, 0.15) is 32.8 Å². The summed E-state index contributed by atoms with van der Waals surface area (Å²) in [6.45, 7) is 11.0. The first-order valence-corrected chi connectivity index (χ1v) is 12.0. The smallest absolute Gasteiger partial charge is 0.139 e. The van der Waals surface area contributed by atoms with E-state index in [0.29, 0.717) is 6.04 Å². The maximum atomic E-state index is 6.43. The van der Waals surface area contributed by atoms with Crippen LogP contribution in [0.2, 0.25) is 5.02 Å². The Kier molecular flexibility index (Phi) is 7.44. The van der Waals surface area contributed by atoms with Crippen molar-refractivity contribution in [3.8, 4) is 0 Å². The Bertz CT molecular complexity index is 956. The molecule has 5 heteroatoms. The topological polar surface area (TPSA) is 19.0 Å². The van der Waals surface area contributed by atoms with E-state index in [9.17, 15) is 0 Å². The van der Waals surface area contributed by atoms with Gasteiger partial charge in [-0.05, 0) is 57.0 Å². The molecule has 2 aromatic rings. The highest BCUT2D eigenvalue weighted by Gasteiger charge is 2.27. The third-order valence-corrected chi connectivity index (χ3v) is 6.47. The number of benzene rings is 2. The lowest BCUT2D eigenvalue weighted by atomic mass is 10.1. The number of para-hydroxylation sites is 1. The monoisotopic (exact) mass is 451 g/mol. The van der Waals surface area contributed by atoms with Gasteiger partial charge in [0.05, 0.1) is 25.0 Å². The highest BCUT2D eigenvalue weighted by atomic mass is 35.5. The Labute approximate surface area is 197 Å². The van der Waals surface area contributed by atoms with Gasteiger partial charge in [-0.2, -0.15) is 0 Å². The minimum absolute atomic E-state index is 0.127. The summed E-state index contributed by atoms with van der Waals surface area (Å²) in [4.78, 5) is 7.36. The summed E-state index contributed by atoms with van der Waals surface area (Å²) in [7, 11) is 0. The summed E-state index contributed by atoms with van der Waals surface area (Å²) in [6.07, 6.45) is 5.71. The van der Waals surface area contributed by atoms with Crippen LogP contribution >= 0.6 is 11.6 Å². The Morgan fingerprint density at radius 1 is 1.03 bits per heavy atom. The summed E-state index contributed by atoms with van der Waals surface area (Å²) in [5.41, 5.74) is 3.62. The number of anilines is 1. The van der Waals surface area contributed by atoms with Crippen LogP contribution in [0.15, 0.2) is 78.2 Å². The van der Waals surface area contributed by atoms with Crippen LogP contribution < -0.4 is 4.90 Å². The maximum Gasteiger partial charge on any atom is 0.139 e. The van der Waals surface area contributed by atoms with Crippen LogP contribution in [0, 0.1) is 0 Å². The van der Waals surface area contributed by atoms with Gasteiger partial charge in [0.1, 0.15) is 5.76 Å². The molecular weight excluding hydrogens is 418 g/mol. The summed E-state index contributed by atoms with van der Waals surface area (Å²) in [5.74, 6) is 1.05. The molecule has 0 aliphatic carbocycles. The fraction of sp³-hybridized carbons (Fsp3) is 0.407. The zero-order valence-corrected chi connectivity index (χ0v) is 20.1. The number of nitrogens with zero attached hydrogens (tertiary/aromatic N) is 3.